The van der Waals surface area contributed by atoms with E-state index >= 15 is 0 Å². The maximum Gasteiger partial charge on any atom is 0.261 e. The molecule has 0 bridgehead atoms. The lowest BCUT2D eigenvalue weighted by Gasteiger charge is -2.28. The summed E-state index contributed by atoms with van der Waals surface area (Å²) in [5, 5.41) is 0. The van der Waals surface area contributed by atoms with Crippen molar-refractivity contribution in [3.05, 3.63) is 42.0 Å². The molecular weight excluding hydrogens is 410 g/mol. The van der Waals surface area contributed by atoms with Gasteiger partial charge in [0.15, 0.2) is 11.5 Å². The Kier molecular flexibility index (Phi) is 6.23. The normalized spacial score (nSPS) is 21.4. The predicted molar refractivity (Wildman–Crippen MR) is 121 cm³/mol. The van der Waals surface area contributed by atoms with Gasteiger partial charge in [-0.25, -0.2) is 4.99 Å². The number of rotatable bonds is 3. The molecule has 2 aromatic carbocycles. The minimum atomic E-state index is -1.21. The third-order valence-electron chi connectivity index (χ3n) is 6.00. The monoisotopic (exact) mass is 439 g/mol. The SMILES string of the molecule is COc1ccc(OC)c(-c2ccc3c(c2)[C@]2(CCOCCCCO3)N=C(N)N(C)C2=O)c1. The second-order valence-electron chi connectivity index (χ2n) is 7.89. The van der Waals surface area contributed by atoms with Gasteiger partial charge in [0.05, 0.1) is 20.8 Å². The Hall–Kier alpha value is -3.26. The van der Waals surface area contributed by atoms with Crippen LogP contribution in [0.25, 0.3) is 11.1 Å². The molecule has 4 rings (SSSR count). The van der Waals surface area contributed by atoms with Crippen LogP contribution in [-0.2, 0) is 15.1 Å². The molecule has 0 aliphatic carbocycles. The number of amides is 1. The number of hydrogen-bond acceptors (Lipinski definition) is 7. The van der Waals surface area contributed by atoms with Crippen molar-refractivity contribution in [1.82, 2.24) is 4.90 Å². The quantitative estimate of drug-likeness (QED) is 0.790. The number of likely N-dealkylation sites (N-methyl/N-ethyl adjacent to an activating group) is 1. The number of hydrogen-bond donors (Lipinski definition) is 1. The van der Waals surface area contributed by atoms with Gasteiger partial charge in [0.1, 0.15) is 17.2 Å². The summed E-state index contributed by atoms with van der Waals surface area (Å²) < 4.78 is 22.9. The maximum absolute atomic E-state index is 13.5. The second kappa shape index (κ2) is 9.08. The summed E-state index contributed by atoms with van der Waals surface area (Å²) in [5.74, 6) is 2.00. The highest BCUT2D eigenvalue weighted by atomic mass is 16.5. The van der Waals surface area contributed by atoms with Gasteiger partial charge >= 0.3 is 0 Å². The minimum absolute atomic E-state index is 0.181. The van der Waals surface area contributed by atoms with Gasteiger partial charge < -0.3 is 24.7 Å². The molecule has 1 atom stereocenters. The molecule has 1 spiro atoms. The van der Waals surface area contributed by atoms with E-state index in [-0.39, 0.29) is 11.9 Å². The zero-order valence-corrected chi connectivity index (χ0v) is 18.7. The number of carbonyl (C=O) groups is 1. The molecule has 170 valence electrons. The van der Waals surface area contributed by atoms with E-state index in [1.807, 2.05) is 36.4 Å². The van der Waals surface area contributed by atoms with Crippen LogP contribution in [0.2, 0.25) is 0 Å². The third-order valence-corrected chi connectivity index (χ3v) is 6.00. The standard InChI is InChI=1S/C24H29N3O5/c1-27-22(28)24(26-23(27)25)10-13-31-11-4-5-12-32-21-8-6-16(14-19(21)24)18-15-17(29-2)7-9-20(18)30-3/h6-9,14-15H,4-5,10-13H2,1-3H3,(H2,25,26)/t24-/m0/s1. The van der Waals surface area contributed by atoms with Crippen LogP contribution in [0.4, 0.5) is 0 Å². The highest BCUT2D eigenvalue weighted by Gasteiger charge is 2.49. The van der Waals surface area contributed by atoms with Gasteiger partial charge in [0.25, 0.3) is 5.91 Å². The summed E-state index contributed by atoms with van der Waals surface area (Å²) in [6.45, 7) is 1.53. The maximum atomic E-state index is 13.5. The first-order valence-electron chi connectivity index (χ1n) is 10.7. The van der Waals surface area contributed by atoms with Crippen molar-refractivity contribution >= 4 is 11.9 Å². The Morgan fingerprint density at radius 2 is 1.88 bits per heavy atom. The van der Waals surface area contributed by atoms with E-state index in [0.29, 0.717) is 49.1 Å². The Morgan fingerprint density at radius 1 is 1.06 bits per heavy atom. The van der Waals surface area contributed by atoms with E-state index in [1.165, 1.54) is 4.90 Å². The predicted octanol–water partition coefficient (Wildman–Crippen LogP) is 2.93. The lowest BCUT2D eigenvalue weighted by molar-refractivity contribution is -0.131. The average molecular weight is 440 g/mol. The highest BCUT2D eigenvalue weighted by molar-refractivity contribution is 6.07. The van der Waals surface area contributed by atoms with Crippen LogP contribution in [-0.4, -0.2) is 57.9 Å². The molecular formula is C24H29N3O5. The summed E-state index contributed by atoms with van der Waals surface area (Å²) in [5.41, 5.74) is 7.25. The number of methoxy groups -OCH3 is 2. The Bertz CT molecular complexity index is 1040. The Morgan fingerprint density at radius 3 is 2.59 bits per heavy atom. The Labute approximate surface area is 187 Å². The molecule has 2 aliphatic rings. The van der Waals surface area contributed by atoms with Crippen LogP contribution in [0.15, 0.2) is 41.4 Å². The van der Waals surface area contributed by atoms with Gasteiger partial charge in [-0.3, -0.25) is 9.69 Å². The second-order valence-corrected chi connectivity index (χ2v) is 7.89. The number of fused-ring (bicyclic) bond motifs is 2. The number of carbonyl (C=O) groups excluding carboxylic acids is 1. The molecule has 2 N–H and O–H groups in total. The largest absolute Gasteiger partial charge is 0.497 e. The van der Waals surface area contributed by atoms with Crippen molar-refractivity contribution in [1.29, 1.82) is 0 Å². The zero-order valence-electron chi connectivity index (χ0n) is 18.7. The molecule has 2 heterocycles. The molecule has 8 nitrogen and oxygen atoms in total. The van der Waals surface area contributed by atoms with E-state index in [9.17, 15) is 4.79 Å². The molecule has 0 saturated carbocycles. The van der Waals surface area contributed by atoms with Crippen LogP contribution in [0, 0.1) is 0 Å². The molecule has 2 aromatic rings. The summed E-state index contributed by atoms with van der Waals surface area (Å²) in [4.78, 5) is 19.5. The molecule has 8 heteroatoms. The number of ether oxygens (including phenoxy) is 4. The van der Waals surface area contributed by atoms with Gasteiger partial charge in [-0.15, -0.1) is 0 Å². The van der Waals surface area contributed by atoms with E-state index in [0.717, 1.165) is 24.0 Å². The highest BCUT2D eigenvalue weighted by Crippen LogP contribution is 2.44. The Balaban J connectivity index is 1.91. The van der Waals surface area contributed by atoms with E-state index in [2.05, 4.69) is 4.99 Å². The fourth-order valence-corrected chi connectivity index (χ4v) is 4.17. The van der Waals surface area contributed by atoms with Gasteiger partial charge in [0, 0.05) is 37.8 Å². The molecule has 0 saturated heterocycles. The first-order chi connectivity index (χ1) is 15.5. The van der Waals surface area contributed by atoms with E-state index in [4.69, 9.17) is 24.7 Å². The molecule has 2 aliphatic heterocycles. The number of nitrogens with zero attached hydrogens (tertiary/aromatic N) is 2. The molecule has 0 unspecified atom stereocenters. The minimum Gasteiger partial charge on any atom is -0.497 e. The summed E-state index contributed by atoms with van der Waals surface area (Å²) in [6, 6.07) is 11.4. The van der Waals surface area contributed by atoms with Gasteiger partial charge in [0.2, 0.25) is 0 Å². The molecule has 1 amide bonds. The van der Waals surface area contributed by atoms with Crippen LogP contribution >= 0.6 is 0 Å². The van der Waals surface area contributed by atoms with Gasteiger partial charge in [-0.1, -0.05) is 6.07 Å². The molecule has 0 aromatic heterocycles. The number of guanidine groups is 1. The smallest absolute Gasteiger partial charge is 0.261 e. The lowest BCUT2D eigenvalue weighted by atomic mass is 9.84. The van der Waals surface area contributed by atoms with Crippen molar-refractivity contribution in [3.63, 3.8) is 0 Å². The zero-order chi connectivity index (χ0) is 22.7. The van der Waals surface area contributed by atoms with Crippen molar-refractivity contribution in [2.24, 2.45) is 10.7 Å². The average Bonchev–Trinajstić information content (AvgIpc) is 3.02. The summed E-state index contributed by atoms with van der Waals surface area (Å²) in [6.07, 6.45) is 2.11. The number of benzene rings is 2. The van der Waals surface area contributed by atoms with Crippen molar-refractivity contribution < 1.29 is 23.7 Å². The van der Waals surface area contributed by atoms with E-state index < -0.39 is 5.54 Å². The fourth-order valence-electron chi connectivity index (χ4n) is 4.17. The summed E-state index contributed by atoms with van der Waals surface area (Å²) >= 11 is 0. The van der Waals surface area contributed by atoms with Crippen molar-refractivity contribution in [3.8, 4) is 28.4 Å². The van der Waals surface area contributed by atoms with Crippen molar-refractivity contribution in [2.45, 2.75) is 24.8 Å². The van der Waals surface area contributed by atoms with Gasteiger partial charge in [-0.2, -0.15) is 0 Å². The van der Waals surface area contributed by atoms with Crippen LogP contribution in [0.1, 0.15) is 24.8 Å². The van der Waals surface area contributed by atoms with Crippen LogP contribution < -0.4 is 19.9 Å². The van der Waals surface area contributed by atoms with Gasteiger partial charge in [-0.05, 0) is 48.7 Å². The summed E-state index contributed by atoms with van der Waals surface area (Å²) in [7, 11) is 4.88. The number of nitrogens with two attached hydrogens (primary N) is 1. The third kappa shape index (κ3) is 3.86. The first kappa shape index (κ1) is 22.0. The van der Waals surface area contributed by atoms with Crippen LogP contribution in [0.5, 0.6) is 17.2 Å². The topological polar surface area (TPSA) is 95.6 Å². The van der Waals surface area contributed by atoms with Crippen molar-refractivity contribution in [2.75, 3.05) is 41.1 Å². The number of aliphatic imine (C=N–C) groups is 1. The van der Waals surface area contributed by atoms with Crippen LogP contribution in [0.3, 0.4) is 0 Å². The fraction of sp³-hybridized carbons (Fsp3) is 0.417. The van der Waals surface area contributed by atoms with E-state index in [1.54, 1.807) is 21.3 Å². The molecule has 0 fully saturated rings. The molecule has 0 radical (unpaired) electrons. The lowest BCUT2D eigenvalue weighted by Crippen LogP contribution is -2.41. The molecule has 32 heavy (non-hydrogen) atoms. The first-order valence-corrected chi connectivity index (χ1v) is 10.7.